The predicted octanol–water partition coefficient (Wildman–Crippen LogP) is 2.84. The van der Waals surface area contributed by atoms with Crippen LogP contribution in [0.5, 0.6) is 0 Å². The van der Waals surface area contributed by atoms with Gasteiger partial charge < -0.3 is 10.4 Å². The Morgan fingerprint density at radius 2 is 2.11 bits per heavy atom. The van der Waals surface area contributed by atoms with Crippen molar-refractivity contribution < 1.29 is 14.7 Å². The Morgan fingerprint density at radius 1 is 1.50 bits per heavy atom. The zero-order valence-corrected chi connectivity index (χ0v) is 12.9. The second kappa shape index (κ2) is 5.84. The lowest BCUT2D eigenvalue weighted by molar-refractivity contribution is -0.146. The van der Waals surface area contributed by atoms with Crippen LogP contribution >= 0.6 is 27.3 Å². The second-order valence-corrected chi connectivity index (χ2v) is 7.26. The van der Waals surface area contributed by atoms with E-state index in [2.05, 4.69) is 21.2 Å². The molecule has 1 aromatic heterocycles. The minimum absolute atomic E-state index is 0.123. The summed E-state index contributed by atoms with van der Waals surface area (Å²) < 4.78 is 0.975. The average molecular weight is 334 g/mol. The quantitative estimate of drug-likeness (QED) is 0.870. The number of carbonyl (C=O) groups excluding carboxylic acids is 1. The highest BCUT2D eigenvalue weighted by molar-refractivity contribution is 9.11. The maximum atomic E-state index is 11.9. The number of rotatable bonds is 5. The molecule has 0 saturated carbocycles. The van der Waals surface area contributed by atoms with Crippen LogP contribution in [-0.2, 0) is 9.59 Å². The lowest BCUT2D eigenvalue weighted by Gasteiger charge is -2.20. The normalized spacial score (nSPS) is 13.1. The number of carboxylic acid groups (broad SMARTS) is 1. The molecule has 1 unspecified atom stereocenters. The molecule has 1 amide bonds. The molecule has 0 aliphatic heterocycles. The Bertz CT molecular complexity index is 456. The maximum absolute atomic E-state index is 11.9. The van der Waals surface area contributed by atoms with Gasteiger partial charge in [-0.15, -0.1) is 11.3 Å². The molecular weight excluding hydrogens is 318 g/mol. The van der Waals surface area contributed by atoms with E-state index in [1.165, 1.54) is 11.3 Å². The van der Waals surface area contributed by atoms with Crippen molar-refractivity contribution in [1.82, 2.24) is 5.32 Å². The van der Waals surface area contributed by atoms with Crippen LogP contribution in [0.4, 0.5) is 0 Å². The first kappa shape index (κ1) is 15.2. The zero-order chi connectivity index (χ0) is 13.9. The van der Waals surface area contributed by atoms with Crippen molar-refractivity contribution in [2.24, 2.45) is 5.41 Å². The second-order valence-electron chi connectivity index (χ2n) is 4.77. The Balaban J connectivity index is 2.59. The van der Waals surface area contributed by atoms with Gasteiger partial charge in [-0.25, -0.2) is 0 Å². The summed E-state index contributed by atoms with van der Waals surface area (Å²) >= 11 is 4.85. The van der Waals surface area contributed by atoms with Gasteiger partial charge in [0.25, 0.3) is 0 Å². The monoisotopic (exact) mass is 333 g/mol. The molecule has 0 spiro atoms. The van der Waals surface area contributed by atoms with Crippen molar-refractivity contribution in [2.75, 3.05) is 6.54 Å². The van der Waals surface area contributed by atoms with Crippen LogP contribution in [0.3, 0.4) is 0 Å². The highest BCUT2D eigenvalue weighted by atomic mass is 79.9. The third kappa shape index (κ3) is 3.81. The number of nitrogens with one attached hydrogen (secondary N) is 1. The molecule has 0 bridgehead atoms. The molecule has 0 fully saturated rings. The maximum Gasteiger partial charge on any atom is 0.310 e. The number of hydrogen-bond donors (Lipinski definition) is 2. The molecule has 100 valence electrons. The number of carboxylic acids is 1. The van der Waals surface area contributed by atoms with Crippen molar-refractivity contribution in [2.45, 2.75) is 26.7 Å². The zero-order valence-electron chi connectivity index (χ0n) is 10.5. The fourth-order valence-electron chi connectivity index (χ4n) is 1.23. The summed E-state index contributed by atoms with van der Waals surface area (Å²) in [5, 5.41) is 11.6. The van der Waals surface area contributed by atoms with Crippen LogP contribution in [0.15, 0.2) is 15.9 Å². The molecule has 0 saturated heterocycles. The number of halogens is 1. The van der Waals surface area contributed by atoms with Crippen molar-refractivity contribution in [3.8, 4) is 0 Å². The minimum atomic E-state index is -0.953. The number of thiophene rings is 1. The number of hydrogen-bond acceptors (Lipinski definition) is 3. The summed E-state index contributed by atoms with van der Waals surface area (Å²) in [6.45, 7) is 5.10. The Morgan fingerprint density at radius 3 is 2.56 bits per heavy atom. The van der Waals surface area contributed by atoms with Crippen LogP contribution in [-0.4, -0.2) is 23.5 Å². The predicted molar refractivity (Wildman–Crippen MR) is 74.9 cm³/mol. The Labute approximate surface area is 119 Å². The Kier molecular flexibility index (Phi) is 4.92. The molecule has 0 aliphatic carbocycles. The molecule has 0 aliphatic rings. The summed E-state index contributed by atoms with van der Waals surface area (Å²) in [5.41, 5.74) is -0.953. The molecule has 1 rings (SSSR count). The molecule has 1 heterocycles. The van der Waals surface area contributed by atoms with Crippen LogP contribution in [0, 0.1) is 5.41 Å². The van der Waals surface area contributed by atoms with E-state index in [1.54, 1.807) is 20.8 Å². The first-order valence-corrected chi connectivity index (χ1v) is 7.11. The van der Waals surface area contributed by atoms with E-state index in [9.17, 15) is 9.59 Å². The van der Waals surface area contributed by atoms with Gasteiger partial charge >= 0.3 is 5.97 Å². The van der Waals surface area contributed by atoms with E-state index in [1.807, 2.05) is 12.1 Å². The standard InChI is InChI=1S/C12H16BrNO3S/c1-7(8-4-5-9(13)18-8)10(15)14-6-12(2,3)11(16)17/h4-5,7H,6H2,1-3H3,(H,14,15)(H,16,17). The first-order valence-electron chi connectivity index (χ1n) is 5.50. The third-order valence-corrected chi connectivity index (χ3v) is 4.50. The van der Waals surface area contributed by atoms with E-state index in [0.717, 1.165) is 8.66 Å². The third-order valence-electron chi connectivity index (χ3n) is 2.70. The summed E-state index contributed by atoms with van der Waals surface area (Å²) in [7, 11) is 0. The van der Waals surface area contributed by atoms with Gasteiger partial charge in [-0.2, -0.15) is 0 Å². The van der Waals surface area contributed by atoms with Crippen LogP contribution in [0.25, 0.3) is 0 Å². The van der Waals surface area contributed by atoms with Gasteiger partial charge in [-0.05, 0) is 48.8 Å². The fraction of sp³-hybridized carbons (Fsp3) is 0.500. The molecule has 4 nitrogen and oxygen atoms in total. The van der Waals surface area contributed by atoms with E-state index in [-0.39, 0.29) is 18.4 Å². The highest BCUT2D eigenvalue weighted by Crippen LogP contribution is 2.28. The van der Waals surface area contributed by atoms with E-state index >= 15 is 0 Å². The van der Waals surface area contributed by atoms with Crippen LogP contribution in [0.2, 0.25) is 0 Å². The first-order chi connectivity index (χ1) is 8.24. The Hall–Kier alpha value is -0.880. The van der Waals surface area contributed by atoms with Crippen molar-refractivity contribution in [1.29, 1.82) is 0 Å². The molecule has 6 heteroatoms. The van der Waals surface area contributed by atoms with Gasteiger partial charge in [-0.3, -0.25) is 9.59 Å². The lowest BCUT2D eigenvalue weighted by atomic mass is 9.93. The van der Waals surface area contributed by atoms with Crippen LogP contribution < -0.4 is 5.32 Å². The molecule has 2 N–H and O–H groups in total. The van der Waals surface area contributed by atoms with E-state index in [4.69, 9.17) is 5.11 Å². The molecule has 0 radical (unpaired) electrons. The summed E-state index contributed by atoms with van der Waals surface area (Å²) in [4.78, 5) is 23.8. The van der Waals surface area contributed by atoms with Gasteiger partial charge in [0.2, 0.25) is 5.91 Å². The molecule has 1 atom stereocenters. The molecular formula is C12H16BrNO3S. The largest absolute Gasteiger partial charge is 0.481 e. The number of carbonyl (C=O) groups is 2. The topological polar surface area (TPSA) is 66.4 Å². The van der Waals surface area contributed by atoms with Gasteiger partial charge in [0.05, 0.1) is 15.1 Å². The summed E-state index contributed by atoms with van der Waals surface area (Å²) in [6, 6.07) is 3.78. The highest BCUT2D eigenvalue weighted by Gasteiger charge is 2.28. The lowest BCUT2D eigenvalue weighted by Crippen LogP contribution is -2.40. The van der Waals surface area contributed by atoms with Gasteiger partial charge in [0, 0.05) is 11.4 Å². The van der Waals surface area contributed by atoms with E-state index < -0.39 is 11.4 Å². The summed E-state index contributed by atoms with van der Waals surface area (Å²) in [6.07, 6.45) is 0. The van der Waals surface area contributed by atoms with Crippen molar-refractivity contribution >= 4 is 39.1 Å². The molecule has 0 aromatic carbocycles. The minimum Gasteiger partial charge on any atom is -0.481 e. The SMILES string of the molecule is CC(C(=O)NCC(C)(C)C(=O)O)c1ccc(Br)s1. The summed E-state index contributed by atoms with van der Waals surface area (Å²) in [5.74, 6) is -1.35. The number of amides is 1. The van der Waals surface area contributed by atoms with Crippen molar-refractivity contribution in [3.05, 3.63) is 20.8 Å². The van der Waals surface area contributed by atoms with Crippen molar-refractivity contribution in [3.63, 3.8) is 0 Å². The molecule has 1 aromatic rings. The molecule has 18 heavy (non-hydrogen) atoms. The van der Waals surface area contributed by atoms with Gasteiger partial charge in [0.1, 0.15) is 0 Å². The fourth-order valence-corrected chi connectivity index (χ4v) is 2.70. The number of aliphatic carboxylic acids is 1. The van der Waals surface area contributed by atoms with Crippen LogP contribution in [0.1, 0.15) is 31.6 Å². The smallest absolute Gasteiger partial charge is 0.310 e. The van der Waals surface area contributed by atoms with Gasteiger partial charge in [0.15, 0.2) is 0 Å². The van der Waals surface area contributed by atoms with Gasteiger partial charge in [-0.1, -0.05) is 0 Å². The average Bonchev–Trinajstić information content (AvgIpc) is 2.71. The van der Waals surface area contributed by atoms with E-state index in [0.29, 0.717) is 0 Å².